The van der Waals surface area contributed by atoms with Gasteiger partial charge in [-0.05, 0) is 49.4 Å². The molecule has 0 saturated heterocycles. The molecule has 2 aromatic heterocycles. The SMILES string of the molecule is C#CCOc1c(OCC)cc(C=Nn2c(-c3cc4cc(Br)ccc4o3)nc3ccccc3c2=O)cc1[N+](=O)[O-]. The largest absolute Gasteiger partial charge is 0.490 e. The Kier molecular flexibility index (Phi) is 7.12. The van der Waals surface area contributed by atoms with Gasteiger partial charge in [-0.1, -0.05) is 34.0 Å². The third-order valence-electron chi connectivity index (χ3n) is 5.63. The summed E-state index contributed by atoms with van der Waals surface area (Å²) in [5.41, 5.74) is 0.560. The number of benzene rings is 3. The molecule has 0 amide bonds. The summed E-state index contributed by atoms with van der Waals surface area (Å²) in [7, 11) is 0. The number of nitro benzene ring substituents is 1. The lowest BCUT2D eigenvalue weighted by Crippen LogP contribution is -2.20. The number of nitro groups is 1. The van der Waals surface area contributed by atoms with Crippen LogP contribution in [-0.2, 0) is 0 Å². The highest BCUT2D eigenvalue weighted by molar-refractivity contribution is 9.10. The number of para-hydroxylation sites is 1. The molecule has 2 heterocycles. The summed E-state index contributed by atoms with van der Waals surface area (Å²) in [4.78, 5) is 29.4. The van der Waals surface area contributed by atoms with Crippen molar-refractivity contribution >= 4 is 49.7 Å². The van der Waals surface area contributed by atoms with Crippen molar-refractivity contribution in [3.05, 3.63) is 91.2 Å². The molecule has 0 spiro atoms. The predicted octanol–water partition coefficient (Wildman–Crippen LogP) is 5.77. The second kappa shape index (κ2) is 10.8. The molecule has 11 heteroatoms. The molecule has 0 bridgehead atoms. The molecule has 0 fully saturated rings. The van der Waals surface area contributed by atoms with E-state index in [0.29, 0.717) is 22.2 Å². The Hall–Kier alpha value is -4.95. The Bertz CT molecular complexity index is 1870. The van der Waals surface area contributed by atoms with Crippen LogP contribution in [-0.4, -0.2) is 34.0 Å². The van der Waals surface area contributed by atoms with Crippen LogP contribution in [0.15, 0.2) is 79.4 Å². The minimum Gasteiger partial charge on any atom is -0.490 e. The molecule has 0 atom stereocenters. The van der Waals surface area contributed by atoms with Crippen molar-refractivity contribution in [2.75, 3.05) is 13.2 Å². The first kappa shape index (κ1) is 25.7. The van der Waals surface area contributed by atoms with Gasteiger partial charge in [0.25, 0.3) is 5.56 Å². The van der Waals surface area contributed by atoms with Gasteiger partial charge in [-0.2, -0.15) is 9.78 Å². The molecule has 0 unspecified atom stereocenters. The first-order valence-corrected chi connectivity index (χ1v) is 12.5. The summed E-state index contributed by atoms with van der Waals surface area (Å²) in [6, 6.07) is 16.9. The van der Waals surface area contributed by atoms with Gasteiger partial charge in [-0.15, -0.1) is 6.42 Å². The van der Waals surface area contributed by atoms with E-state index < -0.39 is 10.5 Å². The van der Waals surface area contributed by atoms with E-state index in [2.05, 4.69) is 31.9 Å². The molecule has 39 heavy (non-hydrogen) atoms. The number of terminal acetylenes is 1. The minimum absolute atomic E-state index is 0.0874. The summed E-state index contributed by atoms with van der Waals surface area (Å²) in [5, 5.41) is 17.3. The van der Waals surface area contributed by atoms with Crippen LogP contribution < -0.4 is 15.0 Å². The van der Waals surface area contributed by atoms with E-state index in [1.54, 1.807) is 43.3 Å². The molecule has 5 aromatic rings. The van der Waals surface area contributed by atoms with Gasteiger partial charge < -0.3 is 13.9 Å². The molecular formula is C28H19BrN4O6. The Morgan fingerprint density at radius 2 is 2.03 bits per heavy atom. The molecule has 3 aromatic carbocycles. The fourth-order valence-electron chi connectivity index (χ4n) is 3.98. The van der Waals surface area contributed by atoms with E-state index in [0.717, 1.165) is 14.5 Å². The fraction of sp³-hybridized carbons (Fsp3) is 0.107. The van der Waals surface area contributed by atoms with Crippen molar-refractivity contribution in [2.45, 2.75) is 6.92 Å². The Labute approximate surface area is 229 Å². The molecule has 0 saturated carbocycles. The molecule has 10 nitrogen and oxygen atoms in total. The lowest BCUT2D eigenvalue weighted by Gasteiger charge is -2.12. The maximum atomic E-state index is 13.5. The highest BCUT2D eigenvalue weighted by Crippen LogP contribution is 2.38. The number of hydrogen-bond donors (Lipinski definition) is 0. The Morgan fingerprint density at radius 1 is 1.21 bits per heavy atom. The van der Waals surface area contributed by atoms with E-state index in [4.69, 9.17) is 20.3 Å². The zero-order valence-electron chi connectivity index (χ0n) is 20.5. The number of halogens is 1. The lowest BCUT2D eigenvalue weighted by molar-refractivity contribution is -0.385. The molecule has 194 valence electrons. The number of ether oxygens (including phenoxy) is 2. The van der Waals surface area contributed by atoms with Crippen LogP contribution in [0.25, 0.3) is 33.5 Å². The summed E-state index contributed by atoms with van der Waals surface area (Å²) in [6.07, 6.45) is 6.57. The van der Waals surface area contributed by atoms with Gasteiger partial charge in [-0.3, -0.25) is 14.9 Å². The van der Waals surface area contributed by atoms with Gasteiger partial charge in [-0.25, -0.2) is 4.98 Å². The second-order valence-corrected chi connectivity index (χ2v) is 9.07. The van der Waals surface area contributed by atoms with Crippen molar-refractivity contribution in [1.29, 1.82) is 0 Å². The van der Waals surface area contributed by atoms with Crippen LogP contribution in [0.4, 0.5) is 5.69 Å². The first-order valence-electron chi connectivity index (χ1n) is 11.7. The first-order chi connectivity index (χ1) is 18.9. The van der Waals surface area contributed by atoms with Crippen LogP contribution in [0.5, 0.6) is 11.5 Å². The number of nitrogens with zero attached hydrogens (tertiary/aromatic N) is 4. The minimum atomic E-state index is -0.604. The van der Waals surface area contributed by atoms with Crippen LogP contribution >= 0.6 is 15.9 Å². The topological polar surface area (TPSA) is 122 Å². The second-order valence-electron chi connectivity index (χ2n) is 8.16. The zero-order valence-corrected chi connectivity index (χ0v) is 22.0. The van der Waals surface area contributed by atoms with Crippen LogP contribution in [0.1, 0.15) is 12.5 Å². The molecule has 0 radical (unpaired) electrons. The third-order valence-corrected chi connectivity index (χ3v) is 6.12. The number of hydrogen-bond acceptors (Lipinski definition) is 8. The Morgan fingerprint density at radius 3 is 2.79 bits per heavy atom. The lowest BCUT2D eigenvalue weighted by atomic mass is 10.2. The van der Waals surface area contributed by atoms with Crippen LogP contribution in [0, 0.1) is 22.5 Å². The summed E-state index contributed by atoms with van der Waals surface area (Å²) < 4.78 is 18.9. The highest BCUT2D eigenvalue weighted by Gasteiger charge is 2.23. The molecule has 0 aliphatic rings. The van der Waals surface area contributed by atoms with Gasteiger partial charge in [0, 0.05) is 21.5 Å². The van der Waals surface area contributed by atoms with Gasteiger partial charge in [0.05, 0.1) is 28.6 Å². The van der Waals surface area contributed by atoms with Crippen LogP contribution in [0.3, 0.4) is 0 Å². The summed E-state index contributed by atoms with van der Waals surface area (Å²) in [5.74, 6) is 2.80. The van der Waals surface area contributed by atoms with Crippen molar-refractivity contribution in [1.82, 2.24) is 9.66 Å². The normalized spacial score (nSPS) is 11.2. The van der Waals surface area contributed by atoms with Gasteiger partial charge in [0.15, 0.2) is 11.5 Å². The summed E-state index contributed by atoms with van der Waals surface area (Å²) in [6.45, 7) is 1.78. The molecule has 5 rings (SSSR count). The predicted molar refractivity (Wildman–Crippen MR) is 150 cm³/mol. The standard InChI is InChI=1S/C28H19BrN4O6/c1-3-11-38-26-22(33(35)36)12-17(13-24(26)37-4-2)16-30-32-27(31-21-8-6-5-7-20(21)28(32)34)25-15-18-14-19(29)9-10-23(18)39-25/h1,5-10,12-16H,4,11H2,2H3. The number of aromatic nitrogens is 2. The number of fused-ring (bicyclic) bond motifs is 2. The van der Waals surface area contributed by atoms with E-state index >= 15 is 0 Å². The fourth-order valence-corrected chi connectivity index (χ4v) is 4.36. The molecular weight excluding hydrogens is 568 g/mol. The number of furan rings is 1. The van der Waals surface area contributed by atoms with Gasteiger partial charge in [0.2, 0.25) is 11.6 Å². The quantitative estimate of drug-likeness (QED) is 0.0978. The third kappa shape index (κ3) is 5.10. The maximum absolute atomic E-state index is 13.5. The monoisotopic (exact) mass is 586 g/mol. The molecule has 0 aliphatic carbocycles. The average Bonchev–Trinajstić information content (AvgIpc) is 3.34. The highest BCUT2D eigenvalue weighted by atomic mass is 79.9. The molecule has 0 N–H and O–H groups in total. The van der Waals surface area contributed by atoms with E-state index in [-0.39, 0.29) is 41.8 Å². The smallest absolute Gasteiger partial charge is 0.315 e. The average molecular weight is 587 g/mol. The van der Waals surface area contributed by atoms with E-state index in [9.17, 15) is 14.9 Å². The molecule has 0 aliphatic heterocycles. The van der Waals surface area contributed by atoms with Crippen molar-refractivity contribution in [2.24, 2.45) is 5.10 Å². The zero-order chi connectivity index (χ0) is 27.5. The Balaban J connectivity index is 1.68. The van der Waals surface area contributed by atoms with Crippen molar-refractivity contribution in [3.8, 4) is 35.4 Å². The van der Waals surface area contributed by atoms with Gasteiger partial charge >= 0.3 is 5.69 Å². The van der Waals surface area contributed by atoms with Crippen LogP contribution in [0.2, 0.25) is 0 Å². The van der Waals surface area contributed by atoms with Crippen molar-refractivity contribution < 1.29 is 18.8 Å². The summed E-state index contributed by atoms with van der Waals surface area (Å²) >= 11 is 3.45. The van der Waals surface area contributed by atoms with E-state index in [1.807, 2.05) is 12.1 Å². The van der Waals surface area contributed by atoms with Gasteiger partial charge in [0.1, 0.15) is 12.2 Å². The maximum Gasteiger partial charge on any atom is 0.315 e. The number of rotatable bonds is 8. The van der Waals surface area contributed by atoms with Crippen molar-refractivity contribution in [3.63, 3.8) is 0 Å². The van der Waals surface area contributed by atoms with E-state index in [1.165, 1.54) is 18.3 Å².